The van der Waals surface area contributed by atoms with Crippen molar-refractivity contribution in [1.29, 1.82) is 0 Å². The number of nitrogens with one attached hydrogen (secondary N) is 1. The van der Waals surface area contributed by atoms with E-state index in [1.54, 1.807) is 0 Å². The molecule has 3 fully saturated rings. The van der Waals surface area contributed by atoms with Gasteiger partial charge >= 0.3 is 0 Å². The van der Waals surface area contributed by atoms with E-state index in [0.717, 1.165) is 58.2 Å². The second kappa shape index (κ2) is 9.74. The molecule has 3 aliphatic heterocycles. The Hall–Kier alpha value is -0.850. The summed E-state index contributed by atoms with van der Waals surface area (Å²) < 4.78 is 11.8. The van der Waals surface area contributed by atoms with Gasteiger partial charge in [0.15, 0.2) is 5.96 Å². The molecule has 3 heterocycles. The van der Waals surface area contributed by atoms with E-state index in [-0.39, 0.29) is 12.2 Å². The summed E-state index contributed by atoms with van der Waals surface area (Å²) in [5, 5.41) is 3.48. The number of guanidine groups is 1. The fourth-order valence-corrected chi connectivity index (χ4v) is 4.12. The zero-order valence-electron chi connectivity index (χ0n) is 16.1. The van der Waals surface area contributed by atoms with Crippen LogP contribution in [0.15, 0.2) is 4.99 Å². The maximum Gasteiger partial charge on any atom is 0.194 e. The third-order valence-electron chi connectivity index (χ3n) is 5.43. The third-order valence-corrected chi connectivity index (χ3v) is 5.43. The molecule has 3 atom stereocenters. The van der Waals surface area contributed by atoms with Gasteiger partial charge in [-0.1, -0.05) is 6.92 Å². The average molecular weight is 353 g/mol. The van der Waals surface area contributed by atoms with Crippen LogP contribution in [-0.4, -0.2) is 87.0 Å². The number of morpholine rings is 1. The Balaban J connectivity index is 1.53. The lowest BCUT2D eigenvalue weighted by atomic mass is 10.1. The van der Waals surface area contributed by atoms with Crippen molar-refractivity contribution >= 4 is 5.96 Å². The number of hydrogen-bond donors (Lipinski definition) is 1. The van der Waals surface area contributed by atoms with Crippen LogP contribution in [0.3, 0.4) is 0 Å². The molecule has 1 N–H and O–H groups in total. The Morgan fingerprint density at radius 1 is 1.12 bits per heavy atom. The Labute approximate surface area is 152 Å². The van der Waals surface area contributed by atoms with Crippen molar-refractivity contribution in [2.45, 2.75) is 51.7 Å². The number of likely N-dealkylation sites (tertiary alicyclic amines) is 1. The van der Waals surface area contributed by atoms with E-state index in [9.17, 15) is 0 Å². The molecular formula is C19H36N4O2. The van der Waals surface area contributed by atoms with Gasteiger partial charge in [0.1, 0.15) is 6.10 Å². The highest BCUT2D eigenvalue weighted by Gasteiger charge is 2.32. The van der Waals surface area contributed by atoms with Crippen molar-refractivity contribution in [3.05, 3.63) is 0 Å². The van der Waals surface area contributed by atoms with E-state index in [1.807, 2.05) is 0 Å². The van der Waals surface area contributed by atoms with Crippen LogP contribution >= 0.6 is 0 Å². The summed E-state index contributed by atoms with van der Waals surface area (Å²) in [5.74, 6) is 1.64. The quantitative estimate of drug-likeness (QED) is 0.581. The van der Waals surface area contributed by atoms with E-state index < -0.39 is 0 Å². The molecule has 144 valence electrons. The lowest BCUT2D eigenvalue weighted by molar-refractivity contribution is -0.0817. The van der Waals surface area contributed by atoms with Gasteiger partial charge in [-0.2, -0.15) is 0 Å². The van der Waals surface area contributed by atoms with Gasteiger partial charge in [0.2, 0.25) is 0 Å². The van der Waals surface area contributed by atoms with Crippen LogP contribution < -0.4 is 5.32 Å². The van der Waals surface area contributed by atoms with Crippen LogP contribution in [0, 0.1) is 5.92 Å². The molecule has 3 saturated heterocycles. The Morgan fingerprint density at radius 3 is 2.64 bits per heavy atom. The molecule has 0 aliphatic carbocycles. The first kappa shape index (κ1) is 18.9. The highest BCUT2D eigenvalue weighted by molar-refractivity contribution is 5.80. The third kappa shape index (κ3) is 5.56. The van der Waals surface area contributed by atoms with Gasteiger partial charge in [0, 0.05) is 39.3 Å². The van der Waals surface area contributed by atoms with E-state index in [4.69, 9.17) is 14.5 Å². The molecule has 6 heteroatoms. The van der Waals surface area contributed by atoms with E-state index in [2.05, 4.69) is 29.0 Å². The molecule has 0 amide bonds. The molecule has 0 spiro atoms. The van der Waals surface area contributed by atoms with Crippen molar-refractivity contribution in [2.24, 2.45) is 10.9 Å². The molecule has 0 radical (unpaired) electrons. The Kier molecular flexibility index (Phi) is 7.37. The first-order chi connectivity index (χ1) is 12.3. The number of aliphatic imine (C=N–C) groups is 1. The van der Waals surface area contributed by atoms with E-state index in [1.165, 1.54) is 32.5 Å². The topological polar surface area (TPSA) is 49.3 Å². The predicted octanol–water partition coefficient (Wildman–Crippen LogP) is 1.56. The van der Waals surface area contributed by atoms with Gasteiger partial charge in [0.25, 0.3) is 0 Å². The van der Waals surface area contributed by atoms with E-state index >= 15 is 0 Å². The molecular weight excluding hydrogens is 316 g/mol. The fourth-order valence-electron chi connectivity index (χ4n) is 4.12. The predicted molar refractivity (Wildman–Crippen MR) is 101 cm³/mol. The zero-order valence-corrected chi connectivity index (χ0v) is 16.1. The lowest BCUT2D eigenvalue weighted by Crippen LogP contribution is -2.53. The van der Waals surface area contributed by atoms with E-state index in [0.29, 0.717) is 5.92 Å². The summed E-state index contributed by atoms with van der Waals surface area (Å²) in [6.07, 6.45) is 5.45. The van der Waals surface area contributed by atoms with Crippen LogP contribution in [0.1, 0.15) is 39.5 Å². The zero-order chi connectivity index (χ0) is 17.5. The minimum Gasteiger partial charge on any atom is -0.375 e. The summed E-state index contributed by atoms with van der Waals surface area (Å²) in [7, 11) is 0. The van der Waals surface area contributed by atoms with Crippen molar-refractivity contribution < 1.29 is 9.47 Å². The number of rotatable bonds is 6. The first-order valence-electron chi connectivity index (χ1n) is 10.2. The Bertz CT molecular complexity index is 420. The molecule has 0 aromatic heterocycles. The maximum absolute atomic E-state index is 5.98. The summed E-state index contributed by atoms with van der Waals surface area (Å²) in [6.45, 7) is 13.4. The fraction of sp³-hybridized carbons (Fsp3) is 0.947. The Morgan fingerprint density at radius 2 is 1.92 bits per heavy atom. The average Bonchev–Trinajstić information content (AvgIpc) is 3.32. The van der Waals surface area contributed by atoms with Gasteiger partial charge in [-0.3, -0.25) is 4.99 Å². The molecule has 0 bridgehead atoms. The van der Waals surface area contributed by atoms with Gasteiger partial charge in [-0.15, -0.1) is 0 Å². The minimum absolute atomic E-state index is 0.183. The van der Waals surface area contributed by atoms with Gasteiger partial charge in [0.05, 0.1) is 12.7 Å². The van der Waals surface area contributed by atoms with Crippen molar-refractivity contribution in [3.8, 4) is 0 Å². The lowest BCUT2D eigenvalue weighted by Gasteiger charge is -2.37. The summed E-state index contributed by atoms with van der Waals surface area (Å²) in [5.41, 5.74) is 0. The van der Waals surface area contributed by atoms with Gasteiger partial charge < -0.3 is 24.6 Å². The summed E-state index contributed by atoms with van der Waals surface area (Å²) >= 11 is 0. The molecule has 0 aromatic carbocycles. The molecule has 3 unspecified atom stereocenters. The second-order valence-corrected chi connectivity index (χ2v) is 7.71. The second-order valence-electron chi connectivity index (χ2n) is 7.71. The molecule has 0 aromatic rings. The first-order valence-corrected chi connectivity index (χ1v) is 10.2. The van der Waals surface area contributed by atoms with Crippen LogP contribution in [0.5, 0.6) is 0 Å². The SMILES string of the molecule is CCNC(=NCC(C)CN1CCCC1)N1CCOC(C2CCCO2)C1. The molecule has 3 rings (SSSR count). The number of hydrogen-bond acceptors (Lipinski definition) is 4. The summed E-state index contributed by atoms with van der Waals surface area (Å²) in [4.78, 5) is 9.89. The number of ether oxygens (including phenoxy) is 2. The standard InChI is InChI=1S/C19H36N4O2/c1-3-20-19(21-13-16(2)14-22-8-4-5-9-22)23-10-12-25-18(15-23)17-7-6-11-24-17/h16-18H,3-15H2,1-2H3,(H,20,21). The van der Waals surface area contributed by atoms with Crippen LogP contribution in [0.4, 0.5) is 0 Å². The largest absolute Gasteiger partial charge is 0.375 e. The van der Waals surface area contributed by atoms with Crippen molar-refractivity contribution in [3.63, 3.8) is 0 Å². The van der Waals surface area contributed by atoms with Crippen LogP contribution in [0.25, 0.3) is 0 Å². The van der Waals surface area contributed by atoms with Crippen molar-refractivity contribution in [1.82, 2.24) is 15.1 Å². The van der Waals surface area contributed by atoms with Gasteiger partial charge in [-0.05, 0) is 51.6 Å². The maximum atomic E-state index is 5.98. The molecule has 6 nitrogen and oxygen atoms in total. The highest BCUT2D eigenvalue weighted by atomic mass is 16.5. The van der Waals surface area contributed by atoms with Gasteiger partial charge in [-0.25, -0.2) is 0 Å². The highest BCUT2D eigenvalue weighted by Crippen LogP contribution is 2.21. The van der Waals surface area contributed by atoms with Crippen LogP contribution in [0.2, 0.25) is 0 Å². The smallest absolute Gasteiger partial charge is 0.194 e. The normalized spacial score (nSPS) is 30.0. The number of nitrogens with zero attached hydrogens (tertiary/aromatic N) is 3. The molecule has 25 heavy (non-hydrogen) atoms. The van der Waals surface area contributed by atoms with Crippen molar-refractivity contribution in [2.75, 3.05) is 59.0 Å². The summed E-state index contributed by atoms with van der Waals surface area (Å²) in [6, 6.07) is 0. The monoisotopic (exact) mass is 352 g/mol. The molecule has 0 saturated carbocycles. The van der Waals surface area contributed by atoms with Crippen LogP contribution in [-0.2, 0) is 9.47 Å². The molecule has 3 aliphatic rings. The minimum atomic E-state index is 0.183.